The minimum Gasteiger partial charge on any atom is -0.460 e. The summed E-state index contributed by atoms with van der Waals surface area (Å²) in [5.41, 5.74) is 3.02. The zero-order valence-electron chi connectivity index (χ0n) is 24.4. The third-order valence-electron chi connectivity index (χ3n) is 6.17. The van der Waals surface area contributed by atoms with Crippen LogP contribution in [0.15, 0.2) is 41.2 Å². The van der Waals surface area contributed by atoms with Crippen LogP contribution in [0.5, 0.6) is 0 Å². The summed E-state index contributed by atoms with van der Waals surface area (Å²) < 4.78 is 20.5. The fourth-order valence-electron chi connectivity index (χ4n) is 3.87. The lowest BCUT2D eigenvalue weighted by Crippen LogP contribution is -2.32. The fraction of sp³-hybridized carbons (Fsp3) is 0.500. The highest BCUT2D eigenvalue weighted by molar-refractivity contribution is 5.97. The molecule has 0 saturated heterocycles. The molecule has 0 spiro atoms. The molecular formula is C30H41FN6O2. The summed E-state index contributed by atoms with van der Waals surface area (Å²) in [5, 5.41) is 15.9. The zero-order chi connectivity index (χ0) is 29.2. The number of ether oxygens (including phenoxy) is 1. The first kappa shape index (κ1) is 31.4. The van der Waals surface area contributed by atoms with Gasteiger partial charge in [-0.15, -0.1) is 0 Å². The molecule has 0 unspecified atom stereocenters. The van der Waals surface area contributed by atoms with E-state index in [1.807, 2.05) is 73.6 Å². The molecule has 9 heteroatoms. The topological polar surface area (TPSA) is 112 Å². The van der Waals surface area contributed by atoms with Gasteiger partial charge in [-0.05, 0) is 77.2 Å². The molecule has 0 aliphatic carbocycles. The number of pyridine rings is 2. The second kappa shape index (κ2) is 14.4. The van der Waals surface area contributed by atoms with Crippen LogP contribution in [-0.4, -0.2) is 33.3 Å². The third kappa shape index (κ3) is 10.1. The van der Waals surface area contributed by atoms with E-state index in [2.05, 4.69) is 25.6 Å². The first-order valence-corrected chi connectivity index (χ1v) is 13.3. The summed E-state index contributed by atoms with van der Waals surface area (Å²) in [7, 11) is 0. The Morgan fingerprint density at radius 3 is 2.59 bits per heavy atom. The lowest BCUT2D eigenvalue weighted by molar-refractivity contribution is -0.155. The monoisotopic (exact) mass is 536 g/mol. The van der Waals surface area contributed by atoms with E-state index in [1.54, 1.807) is 12.4 Å². The largest absolute Gasteiger partial charge is 0.460 e. The Hall–Kier alpha value is -3.80. The zero-order valence-corrected chi connectivity index (χ0v) is 24.4. The van der Waals surface area contributed by atoms with Crippen molar-refractivity contribution >= 4 is 29.0 Å². The molecule has 2 rings (SSSR count). The van der Waals surface area contributed by atoms with Gasteiger partial charge >= 0.3 is 5.97 Å². The molecule has 2 atom stereocenters. The van der Waals surface area contributed by atoms with E-state index in [1.165, 1.54) is 0 Å². The predicted octanol–water partition coefficient (Wildman–Crippen LogP) is 7.11. The number of esters is 1. The molecule has 2 aromatic heterocycles. The molecule has 39 heavy (non-hydrogen) atoms. The molecule has 0 fully saturated rings. The van der Waals surface area contributed by atoms with Gasteiger partial charge in [0.2, 0.25) is 0 Å². The molecule has 210 valence electrons. The smallest absolute Gasteiger partial charge is 0.306 e. The minimum absolute atomic E-state index is 0.0113. The quantitative estimate of drug-likeness (QED) is 0.220. The van der Waals surface area contributed by atoms with Crippen LogP contribution in [-0.2, 0) is 16.1 Å². The Morgan fingerprint density at radius 2 is 1.97 bits per heavy atom. The molecular weight excluding hydrogens is 495 g/mol. The number of carbonyl (C=O) groups excluding carboxylic acids is 1. The maximum absolute atomic E-state index is 15.0. The number of hydrogen-bond donors (Lipinski definition) is 2. The Morgan fingerprint density at radius 1 is 1.26 bits per heavy atom. The number of aromatic nitrogens is 2. The van der Waals surface area contributed by atoms with Crippen molar-refractivity contribution in [2.45, 2.75) is 92.8 Å². The van der Waals surface area contributed by atoms with E-state index in [4.69, 9.17) is 4.74 Å². The molecule has 8 nitrogen and oxygen atoms in total. The van der Waals surface area contributed by atoms with Gasteiger partial charge in [-0.1, -0.05) is 26.3 Å². The van der Waals surface area contributed by atoms with Crippen molar-refractivity contribution < 1.29 is 13.9 Å². The average molecular weight is 537 g/mol. The standard InChI is InChI=1S/C30H41FN6O2/c1-9-11-26(20(4)12-27(38)39-30(6,7)8)36-29-25(31)14-23(15-32)28(37-29)35-24-13-22(16-33-18-24)17-34-21(5)19(3)10-2/h10,13-14,16,18,20,26H,9,11-12,17H2,1-8H3,(H2,35,36,37)/b19-10-,34-21?/t20-,26-/m1/s1. The maximum atomic E-state index is 15.0. The Balaban J connectivity index is 2.27. The third-order valence-corrected chi connectivity index (χ3v) is 6.17. The molecule has 0 amide bonds. The van der Waals surface area contributed by atoms with Crippen LogP contribution in [0, 0.1) is 23.1 Å². The lowest BCUT2D eigenvalue weighted by Gasteiger charge is -2.27. The van der Waals surface area contributed by atoms with Crippen molar-refractivity contribution in [1.82, 2.24) is 9.97 Å². The average Bonchev–Trinajstić information content (AvgIpc) is 2.87. The summed E-state index contributed by atoms with van der Waals surface area (Å²) in [5.74, 6) is -0.860. The highest BCUT2D eigenvalue weighted by atomic mass is 19.1. The summed E-state index contributed by atoms with van der Waals surface area (Å²) in [6.45, 7) is 15.8. The van der Waals surface area contributed by atoms with Crippen molar-refractivity contribution in [3.05, 3.63) is 53.1 Å². The number of hydrogen-bond acceptors (Lipinski definition) is 8. The van der Waals surface area contributed by atoms with Gasteiger partial charge in [-0.3, -0.25) is 14.8 Å². The summed E-state index contributed by atoms with van der Waals surface area (Å²) in [6, 6.07) is 4.81. The molecule has 0 saturated carbocycles. The number of nitriles is 1. The molecule has 0 aliphatic heterocycles. The predicted molar refractivity (Wildman–Crippen MR) is 155 cm³/mol. The van der Waals surface area contributed by atoms with E-state index in [-0.39, 0.29) is 41.5 Å². The van der Waals surface area contributed by atoms with Crippen LogP contribution >= 0.6 is 0 Å². The molecule has 0 aliphatic rings. The first-order valence-electron chi connectivity index (χ1n) is 13.3. The van der Waals surface area contributed by atoms with Gasteiger partial charge < -0.3 is 15.4 Å². The highest BCUT2D eigenvalue weighted by Crippen LogP contribution is 2.27. The highest BCUT2D eigenvalue weighted by Gasteiger charge is 2.25. The van der Waals surface area contributed by atoms with Gasteiger partial charge in [0.15, 0.2) is 17.5 Å². The van der Waals surface area contributed by atoms with Crippen LogP contribution in [0.4, 0.5) is 21.7 Å². The molecule has 2 aromatic rings. The number of nitrogens with one attached hydrogen (secondary N) is 2. The van der Waals surface area contributed by atoms with Crippen molar-refractivity contribution in [3.8, 4) is 6.07 Å². The number of aliphatic imine (C=N–C) groups is 1. The van der Waals surface area contributed by atoms with Gasteiger partial charge in [0, 0.05) is 18.0 Å². The Bertz CT molecular complexity index is 1240. The van der Waals surface area contributed by atoms with Crippen LogP contribution in [0.3, 0.4) is 0 Å². The second-order valence-electron chi connectivity index (χ2n) is 10.7. The molecule has 0 aromatic carbocycles. The molecule has 0 bridgehead atoms. The SMILES string of the molecule is C/C=C(/C)C(C)=NCc1cncc(Nc2nc(N[C@H](CCC)[C@H](C)CC(=O)OC(C)(C)C)c(F)cc2C#N)c1. The van der Waals surface area contributed by atoms with Crippen LogP contribution in [0.25, 0.3) is 0 Å². The molecule has 2 heterocycles. The van der Waals surface area contributed by atoms with E-state index in [9.17, 15) is 10.1 Å². The van der Waals surface area contributed by atoms with Gasteiger partial charge in [-0.25, -0.2) is 9.37 Å². The number of anilines is 3. The fourth-order valence-corrected chi connectivity index (χ4v) is 3.87. The van der Waals surface area contributed by atoms with Gasteiger partial charge in [-0.2, -0.15) is 5.26 Å². The Kier molecular flexibility index (Phi) is 11.6. The van der Waals surface area contributed by atoms with Crippen molar-refractivity contribution in [2.75, 3.05) is 10.6 Å². The number of nitrogens with zero attached hydrogens (tertiary/aromatic N) is 4. The number of carbonyl (C=O) groups is 1. The number of allylic oxidation sites excluding steroid dienone is 2. The maximum Gasteiger partial charge on any atom is 0.306 e. The second-order valence-corrected chi connectivity index (χ2v) is 10.7. The number of halogens is 1. The summed E-state index contributed by atoms with van der Waals surface area (Å²) in [6.07, 6.45) is 7.06. The van der Waals surface area contributed by atoms with Gasteiger partial charge in [0.25, 0.3) is 0 Å². The van der Waals surface area contributed by atoms with Crippen molar-refractivity contribution in [3.63, 3.8) is 0 Å². The van der Waals surface area contributed by atoms with E-state index in [0.717, 1.165) is 29.3 Å². The minimum atomic E-state index is -0.640. The van der Waals surface area contributed by atoms with Crippen LogP contribution < -0.4 is 10.6 Å². The number of rotatable bonds is 12. The first-order chi connectivity index (χ1) is 18.4. The van der Waals surface area contributed by atoms with E-state index < -0.39 is 11.4 Å². The van der Waals surface area contributed by atoms with E-state index in [0.29, 0.717) is 18.7 Å². The normalized spacial score (nSPS) is 13.8. The summed E-state index contributed by atoms with van der Waals surface area (Å²) >= 11 is 0. The molecule has 0 radical (unpaired) electrons. The molecule has 2 N–H and O–H groups in total. The Labute approximate surface area is 231 Å². The lowest BCUT2D eigenvalue weighted by atomic mass is 9.94. The van der Waals surface area contributed by atoms with Gasteiger partial charge in [0.1, 0.15) is 11.7 Å². The van der Waals surface area contributed by atoms with E-state index >= 15 is 4.39 Å². The summed E-state index contributed by atoms with van der Waals surface area (Å²) in [4.78, 5) is 25.7. The van der Waals surface area contributed by atoms with Crippen LogP contribution in [0.1, 0.15) is 85.8 Å². The van der Waals surface area contributed by atoms with Crippen LogP contribution in [0.2, 0.25) is 0 Å². The van der Waals surface area contributed by atoms with Crippen molar-refractivity contribution in [1.29, 1.82) is 5.26 Å². The van der Waals surface area contributed by atoms with Crippen molar-refractivity contribution in [2.24, 2.45) is 10.9 Å². The van der Waals surface area contributed by atoms with Gasteiger partial charge in [0.05, 0.1) is 30.4 Å².